The Labute approximate surface area is 110 Å². The lowest BCUT2D eigenvalue weighted by Gasteiger charge is -2.35. The Morgan fingerprint density at radius 3 is 2.72 bits per heavy atom. The first-order valence-electron chi connectivity index (χ1n) is 7.19. The highest BCUT2D eigenvalue weighted by molar-refractivity contribution is 5.38. The number of hydrogen-bond acceptors (Lipinski definition) is 2. The smallest absolute Gasteiger partial charge is 0.0967 e. The van der Waals surface area contributed by atoms with Gasteiger partial charge in [0.1, 0.15) is 0 Å². The van der Waals surface area contributed by atoms with Crippen molar-refractivity contribution < 1.29 is 4.74 Å². The second-order valence-electron chi connectivity index (χ2n) is 6.07. The fourth-order valence-corrected chi connectivity index (χ4v) is 3.41. The summed E-state index contributed by atoms with van der Waals surface area (Å²) in [7, 11) is 0. The third kappa shape index (κ3) is 1.98. The molecule has 2 nitrogen and oxygen atoms in total. The fraction of sp³-hybridized carbons (Fsp3) is 0.625. The molecule has 1 fully saturated rings. The fourth-order valence-electron chi connectivity index (χ4n) is 3.41. The van der Waals surface area contributed by atoms with Gasteiger partial charge < -0.3 is 10.1 Å². The summed E-state index contributed by atoms with van der Waals surface area (Å²) in [4.78, 5) is 0. The average molecular weight is 245 g/mol. The number of fused-ring (bicyclic) bond motifs is 2. The number of benzene rings is 1. The van der Waals surface area contributed by atoms with Gasteiger partial charge in [0.25, 0.3) is 0 Å². The number of ether oxygens (including phenoxy) is 1. The van der Waals surface area contributed by atoms with E-state index in [4.69, 9.17) is 4.74 Å². The van der Waals surface area contributed by atoms with Gasteiger partial charge in [-0.3, -0.25) is 0 Å². The van der Waals surface area contributed by atoms with Crippen LogP contribution in [0.1, 0.15) is 50.3 Å². The van der Waals surface area contributed by atoms with Gasteiger partial charge in [0, 0.05) is 0 Å². The molecule has 0 aliphatic carbocycles. The zero-order chi connectivity index (χ0) is 12.6. The molecule has 2 aliphatic heterocycles. The third-order valence-electron chi connectivity index (χ3n) is 4.26. The van der Waals surface area contributed by atoms with Crippen molar-refractivity contribution >= 4 is 0 Å². The lowest BCUT2D eigenvalue weighted by atomic mass is 9.84. The van der Waals surface area contributed by atoms with Gasteiger partial charge in [-0.15, -0.1) is 0 Å². The van der Waals surface area contributed by atoms with Crippen LogP contribution in [0.5, 0.6) is 0 Å². The maximum Gasteiger partial charge on any atom is 0.0967 e. The van der Waals surface area contributed by atoms with Crippen LogP contribution in [-0.2, 0) is 10.3 Å². The SMILES string of the molecule is CC(C)CC1OC2(CCNCC2)c2ccccc21. The molecular weight excluding hydrogens is 222 g/mol. The standard InChI is InChI=1S/C16H23NO/c1-12(2)11-15-13-5-3-4-6-14(13)16(18-15)7-9-17-10-8-16/h3-6,12,15,17H,7-11H2,1-2H3. The predicted molar refractivity (Wildman–Crippen MR) is 73.5 cm³/mol. The molecule has 0 aromatic heterocycles. The number of hydrogen-bond donors (Lipinski definition) is 1. The molecule has 0 saturated carbocycles. The molecule has 2 heteroatoms. The van der Waals surface area contributed by atoms with E-state index in [1.807, 2.05) is 0 Å². The van der Waals surface area contributed by atoms with Gasteiger partial charge >= 0.3 is 0 Å². The Morgan fingerprint density at radius 1 is 1.28 bits per heavy atom. The van der Waals surface area contributed by atoms with Crippen LogP contribution in [0.2, 0.25) is 0 Å². The molecule has 1 atom stereocenters. The highest BCUT2D eigenvalue weighted by Gasteiger charge is 2.45. The lowest BCUT2D eigenvalue weighted by Crippen LogP contribution is -2.39. The molecule has 3 rings (SSSR count). The maximum absolute atomic E-state index is 6.53. The van der Waals surface area contributed by atoms with Crippen LogP contribution >= 0.6 is 0 Å². The van der Waals surface area contributed by atoms with E-state index in [-0.39, 0.29) is 5.60 Å². The van der Waals surface area contributed by atoms with Crippen LogP contribution in [0.25, 0.3) is 0 Å². The molecule has 1 aromatic carbocycles. The molecule has 0 radical (unpaired) electrons. The second-order valence-corrected chi connectivity index (χ2v) is 6.07. The zero-order valence-electron chi connectivity index (χ0n) is 11.4. The molecule has 1 saturated heterocycles. The normalized spacial score (nSPS) is 25.6. The molecule has 1 spiro atoms. The predicted octanol–water partition coefficient (Wildman–Crippen LogP) is 3.38. The van der Waals surface area contributed by atoms with Crippen molar-refractivity contribution in [1.82, 2.24) is 5.32 Å². The van der Waals surface area contributed by atoms with E-state index in [0.29, 0.717) is 12.0 Å². The van der Waals surface area contributed by atoms with Crippen molar-refractivity contribution in [2.75, 3.05) is 13.1 Å². The van der Waals surface area contributed by atoms with Crippen molar-refractivity contribution in [2.45, 2.75) is 44.8 Å². The number of nitrogens with one attached hydrogen (secondary N) is 1. The van der Waals surface area contributed by atoms with E-state index in [9.17, 15) is 0 Å². The summed E-state index contributed by atoms with van der Waals surface area (Å²) in [5.41, 5.74) is 2.90. The quantitative estimate of drug-likeness (QED) is 0.862. The Balaban J connectivity index is 1.95. The molecule has 1 N–H and O–H groups in total. The highest BCUT2D eigenvalue weighted by Crippen LogP contribution is 2.50. The molecule has 2 aliphatic rings. The van der Waals surface area contributed by atoms with Crippen molar-refractivity contribution in [3.63, 3.8) is 0 Å². The van der Waals surface area contributed by atoms with E-state index in [1.54, 1.807) is 0 Å². The van der Waals surface area contributed by atoms with E-state index >= 15 is 0 Å². The van der Waals surface area contributed by atoms with Gasteiger partial charge in [-0.2, -0.15) is 0 Å². The first-order chi connectivity index (χ1) is 8.71. The molecule has 18 heavy (non-hydrogen) atoms. The zero-order valence-corrected chi connectivity index (χ0v) is 11.4. The molecule has 98 valence electrons. The van der Waals surface area contributed by atoms with Gasteiger partial charge in [0.15, 0.2) is 0 Å². The van der Waals surface area contributed by atoms with Gasteiger partial charge in [-0.05, 0) is 49.4 Å². The molecule has 0 bridgehead atoms. The van der Waals surface area contributed by atoms with Gasteiger partial charge in [-0.25, -0.2) is 0 Å². The topological polar surface area (TPSA) is 21.3 Å². The molecule has 1 unspecified atom stereocenters. The summed E-state index contributed by atoms with van der Waals surface area (Å²) < 4.78 is 6.53. The molecule has 1 aromatic rings. The van der Waals surface area contributed by atoms with Crippen molar-refractivity contribution in [3.8, 4) is 0 Å². The Hall–Kier alpha value is -0.860. The van der Waals surface area contributed by atoms with E-state index in [2.05, 4.69) is 43.4 Å². The molecule has 0 amide bonds. The van der Waals surface area contributed by atoms with Crippen LogP contribution in [-0.4, -0.2) is 13.1 Å². The minimum atomic E-state index is 0.00139. The summed E-state index contributed by atoms with van der Waals surface area (Å²) in [5, 5.41) is 3.44. The lowest BCUT2D eigenvalue weighted by molar-refractivity contribution is -0.0998. The summed E-state index contributed by atoms with van der Waals surface area (Å²) in [6.45, 7) is 6.70. The minimum Gasteiger partial charge on any atom is -0.362 e. The summed E-state index contributed by atoms with van der Waals surface area (Å²) in [5.74, 6) is 0.680. The Bertz CT molecular complexity index is 421. The summed E-state index contributed by atoms with van der Waals surface area (Å²) in [6, 6.07) is 8.85. The van der Waals surface area contributed by atoms with E-state index in [1.165, 1.54) is 11.1 Å². The van der Waals surface area contributed by atoms with E-state index in [0.717, 1.165) is 32.4 Å². The average Bonchev–Trinajstić information content (AvgIpc) is 2.65. The van der Waals surface area contributed by atoms with Crippen molar-refractivity contribution in [1.29, 1.82) is 0 Å². The number of rotatable bonds is 2. The largest absolute Gasteiger partial charge is 0.362 e. The third-order valence-corrected chi connectivity index (χ3v) is 4.26. The van der Waals surface area contributed by atoms with Crippen molar-refractivity contribution in [2.24, 2.45) is 5.92 Å². The highest BCUT2D eigenvalue weighted by atomic mass is 16.5. The van der Waals surface area contributed by atoms with Crippen molar-refractivity contribution in [3.05, 3.63) is 35.4 Å². The van der Waals surface area contributed by atoms with Gasteiger partial charge in [-0.1, -0.05) is 38.1 Å². The molecular formula is C16H23NO. The monoisotopic (exact) mass is 245 g/mol. The van der Waals surface area contributed by atoms with Crippen LogP contribution < -0.4 is 5.32 Å². The molecule has 2 heterocycles. The number of piperidine rings is 1. The Morgan fingerprint density at radius 2 is 2.00 bits per heavy atom. The first kappa shape index (κ1) is 12.2. The van der Waals surface area contributed by atoms with Crippen LogP contribution in [0.15, 0.2) is 24.3 Å². The minimum absolute atomic E-state index is 0.00139. The summed E-state index contributed by atoms with van der Waals surface area (Å²) >= 11 is 0. The summed E-state index contributed by atoms with van der Waals surface area (Å²) in [6.07, 6.45) is 3.66. The van der Waals surface area contributed by atoms with Gasteiger partial charge in [0.2, 0.25) is 0 Å². The van der Waals surface area contributed by atoms with Crippen LogP contribution in [0, 0.1) is 5.92 Å². The Kier molecular flexibility index (Phi) is 3.16. The maximum atomic E-state index is 6.53. The van der Waals surface area contributed by atoms with Crippen LogP contribution in [0.3, 0.4) is 0 Å². The first-order valence-corrected chi connectivity index (χ1v) is 7.19. The second kappa shape index (κ2) is 4.67. The van der Waals surface area contributed by atoms with Gasteiger partial charge in [0.05, 0.1) is 11.7 Å². The van der Waals surface area contributed by atoms with Crippen LogP contribution in [0.4, 0.5) is 0 Å². The van der Waals surface area contributed by atoms with E-state index < -0.39 is 0 Å².